The Morgan fingerprint density at radius 3 is 2.72 bits per heavy atom. The van der Waals surface area contributed by atoms with Gasteiger partial charge in [-0.05, 0) is 56.2 Å². The van der Waals surface area contributed by atoms with Crippen molar-refractivity contribution in [3.8, 4) is 5.75 Å². The van der Waals surface area contributed by atoms with Crippen LogP contribution in [0.15, 0.2) is 29.3 Å². The molecule has 0 radical (unpaired) electrons. The van der Waals surface area contributed by atoms with Crippen molar-refractivity contribution in [2.45, 2.75) is 51.6 Å². The normalized spacial score (nSPS) is 17.5. The van der Waals surface area contributed by atoms with Crippen LogP contribution < -0.4 is 15.4 Å². The van der Waals surface area contributed by atoms with Crippen LogP contribution >= 0.6 is 24.0 Å². The maximum absolute atomic E-state index is 5.69. The molecule has 6 nitrogen and oxygen atoms in total. The number of nitrogens with zero attached hydrogens (tertiary/aromatic N) is 1. The number of halogens is 1. The predicted molar refractivity (Wildman–Crippen MR) is 130 cm³/mol. The lowest BCUT2D eigenvalue weighted by Gasteiger charge is -2.15. The summed E-state index contributed by atoms with van der Waals surface area (Å²) in [5.74, 6) is 2.26. The van der Waals surface area contributed by atoms with Gasteiger partial charge in [0.15, 0.2) is 5.96 Å². The van der Waals surface area contributed by atoms with Crippen molar-refractivity contribution >= 4 is 29.9 Å². The number of benzene rings is 1. The first-order chi connectivity index (χ1) is 13.7. The van der Waals surface area contributed by atoms with Crippen molar-refractivity contribution in [1.82, 2.24) is 10.6 Å². The minimum atomic E-state index is 0. The van der Waals surface area contributed by atoms with Gasteiger partial charge < -0.3 is 24.8 Å². The number of hydrogen-bond donors (Lipinski definition) is 2. The molecule has 1 fully saturated rings. The molecule has 0 spiro atoms. The number of ether oxygens (including phenoxy) is 3. The van der Waals surface area contributed by atoms with Crippen molar-refractivity contribution in [2.24, 2.45) is 4.99 Å². The van der Waals surface area contributed by atoms with E-state index in [2.05, 4.69) is 41.6 Å². The topological polar surface area (TPSA) is 64.1 Å². The average molecular weight is 519 g/mol. The Balaban J connectivity index is 0.00000420. The molecular weight excluding hydrogens is 481 g/mol. The third-order valence-corrected chi connectivity index (χ3v) is 4.94. The van der Waals surface area contributed by atoms with Crippen molar-refractivity contribution in [3.05, 3.63) is 29.8 Å². The molecule has 2 atom stereocenters. The molecule has 0 amide bonds. The zero-order valence-corrected chi connectivity index (χ0v) is 20.4. The van der Waals surface area contributed by atoms with Gasteiger partial charge in [0, 0.05) is 32.8 Å². The number of nitrogens with one attached hydrogen (secondary N) is 2. The lowest BCUT2D eigenvalue weighted by Crippen LogP contribution is -2.38. The van der Waals surface area contributed by atoms with Gasteiger partial charge >= 0.3 is 0 Å². The van der Waals surface area contributed by atoms with Crippen LogP contribution in [0.3, 0.4) is 0 Å². The molecule has 1 aliphatic rings. The highest BCUT2D eigenvalue weighted by molar-refractivity contribution is 14.0. The van der Waals surface area contributed by atoms with Crippen LogP contribution in [0.5, 0.6) is 5.75 Å². The van der Waals surface area contributed by atoms with Crippen LogP contribution in [0.1, 0.15) is 51.0 Å². The Kier molecular flexibility index (Phi) is 14.1. The molecule has 1 heterocycles. The van der Waals surface area contributed by atoms with Gasteiger partial charge in [0.25, 0.3) is 0 Å². The van der Waals surface area contributed by atoms with E-state index in [4.69, 9.17) is 14.2 Å². The molecule has 1 aromatic rings. The summed E-state index contributed by atoms with van der Waals surface area (Å²) >= 11 is 0. The molecule has 0 saturated carbocycles. The molecule has 1 aromatic carbocycles. The Labute approximate surface area is 193 Å². The standard InChI is InChI=1S/C22H37N3O3.HI/c1-4-23-22(24-13-6-15-27-17-21-7-5-16-28-21)25-14-12-18(2)19-8-10-20(26-3)11-9-19;/h8-11,18,21H,4-7,12-17H2,1-3H3,(H2,23,24,25);1H. The lowest BCUT2D eigenvalue weighted by atomic mass is 9.98. The van der Waals surface area contributed by atoms with Crippen LogP contribution in [0.25, 0.3) is 0 Å². The highest BCUT2D eigenvalue weighted by atomic mass is 127. The highest BCUT2D eigenvalue weighted by Gasteiger charge is 2.14. The minimum absolute atomic E-state index is 0. The third kappa shape index (κ3) is 10.5. The Bertz CT molecular complexity index is 563. The van der Waals surface area contributed by atoms with E-state index in [0.29, 0.717) is 18.6 Å². The summed E-state index contributed by atoms with van der Waals surface area (Å²) < 4.78 is 16.5. The molecular formula is C22H38IN3O3. The van der Waals surface area contributed by atoms with Crippen LogP contribution in [0.2, 0.25) is 0 Å². The van der Waals surface area contributed by atoms with Crippen LogP contribution in [-0.4, -0.2) is 58.6 Å². The SMILES string of the molecule is CCNC(=NCCCOCC1CCCO1)NCCC(C)c1ccc(OC)cc1.I. The van der Waals surface area contributed by atoms with E-state index in [1.54, 1.807) is 7.11 Å². The van der Waals surface area contributed by atoms with E-state index in [1.807, 2.05) is 12.1 Å². The second kappa shape index (κ2) is 15.7. The van der Waals surface area contributed by atoms with Gasteiger partial charge in [-0.25, -0.2) is 0 Å². The van der Waals surface area contributed by atoms with Gasteiger partial charge in [0.05, 0.1) is 19.8 Å². The van der Waals surface area contributed by atoms with Gasteiger partial charge in [-0.2, -0.15) is 0 Å². The van der Waals surface area contributed by atoms with E-state index in [-0.39, 0.29) is 24.0 Å². The molecule has 7 heteroatoms. The number of aliphatic imine (C=N–C) groups is 1. The summed E-state index contributed by atoms with van der Waals surface area (Å²) in [4.78, 5) is 4.64. The summed E-state index contributed by atoms with van der Waals surface area (Å²) in [5.41, 5.74) is 1.33. The Morgan fingerprint density at radius 2 is 2.07 bits per heavy atom. The van der Waals surface area contributed by atoms with E-state index < -0.39 is 0 Å². The number of rotatable bonds is 12. The maximum Gasteiger partial charge on any atom is 0.191 e. The van der Waals surface area contributed by atoms with Gasteiger partial charge in [0.2, 0.25) is 0 Å². The molecule has 1 saturated heterocycles. The first kappa shape index (κ1) is 26.0. The third-order valence-electron chi connectivity index (χ3n) is 4.94. The summed E-state index contributed by atoms with van der Waals surface area (Å²) in [6, 6.07) is 8.32. The van der Waals surface area contributed by atoms with E-state index >= 15 is 0 Å². The number of methoxy groups -OCH3 is 1. The molecule has 166 valence electrons. The highest BCUT2D eigenvalue weighted by Crippen LogP contribution is 2.21. The monoisotopic (exact) mass is 519 g/mol. The molecule has 0 bridgehead atoms. The maximum atomic E-state index is 5.69. The van der Waals surface area contributed by atoms with E-state index in [9.17, 15) is 0 Å². The molecule has 2 N–H and O–H groups in total. The van der Waals surface area contributed by atoms with Crippen LogP contribution in [0, 0.1) is 0 Å². The summed E-state index contributed by atoms with van der Waals surface area (Å²) in [5, 5.41) is 6.74. The fourth-order valence-electron chi connectivity index (χ4n) is 3.20. The first-order valence-corrected chi connectivity index (χ1v) is 10.6. The van der Waals surface area contributed by atoms with Crippen molar-refractivity contribution < 1.29 is 14.2 Å². The molecule has 0 aliphatic carbocycles. The van der Waals surface area contributed by atoms with Crippen LogP contribution in [-0.2, 0) is 9.47 Å². The molecule has 2 rings (SSSR count). The van der Waals surface area contributed by atoms with Gasteiger partial charge in [-0.1, -0.05) is 19.1 Å². The van der Waals surface area contributed by atoms with E-state index in [1.165, 1.54) is 5.56 Å². The van der Waals surface area contributed by atoms with Crippen molar-refractivity contribution in [3.63, 3.8) is 0 Å². The summed E-state index contributed by atoms with van der Waals surface area (Å²) in [6.45, 7) is 9.16. The van der Waals surface area contributed by atoms with Crippen molar-refractivity contribution in [2.75, 3.05) is 46.6 Å². The smallest absolute Gasteiger partial charge is 0.191 e. The Morgan fingerprint density at radius 1 is 1.28 bits per heavy atom. The van der Waals surface area contributed by atoms with Gasteiger partial charge in [-0.15, -0.1) is 24.0 Å². The first-order valence-electron chi connectivity index (χ1n) is 10.6. The fourth-order valence-corrected chi connectivity index (χ4v) is 3.20. The number of hydrogen-bond acceptors (Lipinski definition) is 4. The van der Waals surface area contributed by atoms with Gasteiger partial charge in [-0.3, -0.25) is 4.99 Å². The fraction of sp³-hybridized carbons (Fsp3) is 0.682. The number of guanidine groups is 1. The zero-order valence-electron chi connectivity index (χ0n) is 18.1. The molecule has 1 aliphatic heterocycles. The Hall–Kier alpha value is -1.06. The molecule has 29 heavy (non-hydrogen) atoms. The second-order valence-electron chi connectivity index (χ2n) is 7.21. The zero-order chi connectivity index (χ0) is 20.0. The quantitative estimate of drug-likeness (QED) is 0.190. The van der Waals surface area contributed by atoms with Crippen LogP contribution in [0.4, 0.5) is 0 Å². The van der Waals surface area contributed by atoms with Crippen molar-refractivity contribution in [1.29, 1.82) is 0 Å². The molecule has 0 aromatic heterocycles. The summed E-state index contributed by atoms with van der Waals surface area (Å²) in [6.07, 6.45) is 4.55. The molecule has 2 unspecified atom stereocenters. The minimum Gasteiger partial charge on any atom is -0.497 e. The largest absolute Gasteiger partial charge is 0.497 e. The summed E-state index contributed by atoms with van der Waals surface area (Å²) in [7, 11) is 1.69. The van der Waals surface area contributed by atoms with Gasteiger partial charge in [0.1, 0.15) is 5.75 Å². The van der Waals surface area contributed by atoms with E-state index in [0.717, 1.165) is 70.2 Å². The average Bonchev–Trinajstić information content (AvgIpc) is 3.24. The lowest BCUT2D eigenvalue weighted by molar-refractivity contribution is 0.0171. The predicted octanol–water partition coefficient (Wildman–Crippen LogP) is 3.95. The second-order valence-corrected chi connectivity index (χ2v) is 7.21.